The molecule has 0 saturated carbocycles. The summed E-state index contributed by atoms with van der Waals surface area (Å²) in [5.74, 6) is -1.43. The molecule has 1 saturated heterocycles. The molecule has 7 heteroatoms. The van der Waals surface area contributed by atoms with Crippen molar-refractivity contribution in [3.63, 3.8) is 0 Å². The number of halogens is 1. The summed E-state index contributed by atoms with van der Waals surface area (Å²) in [7, 11) is 0. The molecular formula is C27H20ClN3O3. The summed E-state index contributed by atoms with van der Waals surface area (Å²) in [5, 5.41) is 3.58. The minimum absolute atomic E-state index is 0.126. The average Bonchev–Trinajstić information content (AvgIpc) is 3.17. The number of fused-ring (bicyclic) bond motifs is 1. The van der Waals surface area contributed by atoms with Gasteiger partial charge in [-0.25, -0.2) is 9.69 Å². The molecule has 0 aliphatic carbocycles. The van der Waals surface area contributed by atoms with Crippen LogP contribution in [-0.4, -0.2) is 22.4 Å². The molecule has 0 spiro atoms. The molecule has 0 bridgehead atoms. The number of carbonyl (C=O) groups excluding carboxylic acids is 3. The topological polar surface area (TPSA) is 71.4 Å². The molecule has 1 aliphatic rings. The fourth-order valence-electron chi connectivity index (χ4n) is 4.07. The van der Waals surface area contributed by atoms with Gasteiger partial charge in [-0.15, -0.1) is 0 Å². The molecule has 0 atom stereocenters. The number of carbonyl (C=O) groups is 3. The lowest BCUT2D eigenvalue weighted by atomic mass is 10.1. The van der Waals surface area contributed by atoms with Crippen molar-refractivity contribution in [3.05, 3.63) is 106 Å². The van der Waals surface area contributed by atoms with E-state index in [-0.39, 0.29) is 5.57 Å². The molecule has 4 amide bonds. The van der Waals surface area contributed by atoms with Crippen LogP contribution >= 0.6 is 11.6 Å². The third-order valence-electron chi connectivity index (χ3n) is 5.83. The van der Waals surface area contributed by atoms with Crippen molar-refractivity contribution in [2.75, 3.05) is 4.90 Å². The number of aromatic nitrogens is 1. The van der Waals surface area contributed by atoms with Crippen molar-refractivity contribution < 1.29 is 14.4 Å². The third-order valence-corrected chi connectivity index (χ3v) is 6.24. The number of para-hydroxylation sites is 1. The van der Waals surface area contributed by atoms with E-state index in [4.69, 9.17) is 11.6 Å². The number of barbiturate groups is 1. The van der Waals surface area contributed by atoms with E-state index < -0.39 is 17.8 Å². The van der Waals surface area contributed by atoms with E-state index in [1.807, 2.05) is 67.7 Å². The number of rotatable bonds is 4. The molecule has 2 heterocycles. The highest BCUT2D eigenvalue weighted by Crippen LogP contribution is 2.29. The predicted molar refractivity (Wildman–Crippen MR) is 133 cm³/mol. The van der Waals surface area contributed by atoms with Crippen LogP contribution in [0.15, 0.2) is 84.6 Å². The Labute approximate surface area is 201 Å². The maximum atomic E-state index is 13.3. The standard InChI is InChI=1S/C27H20ClN3O3/c1-17-11-12-20(14-23(17)28)31-26(33)22(25(32)29-27(31)34)13-19-16-30(15-18-7-3-2-4-8-18)24-10-6-5-9-21(19)24/h2-14,16H,15H2,1H3,(H,29,32,34)/b22-13-. The van der Waals surface area contributed by atoms with Crippen LogP contribution in [0.4, 0.5) is 10.5 Å². The molecule has 6 nitrogen and oxygen atoms in total. The first-order chi connectivity index (χ1) is 16.4. The molecule has 0 unspecified atom stereocenters. The Hall–Kier alpha value is -4.16. The van der Waals surface area contributed by atoms with Gasteiger partial charge in [-0.2, -0.15) is 0 Å². The second-order valence-electron chi connectivity index (χ2n) is 8.11. The Morgan fingerprint density at radius 3 is 2.44 bits per heavy atom. The monoisotopic (exact) mass is 469 g/mol. The smallest absolute Gasteiger partial charge is 0.335 e. The molecule has 168 valence electrons. The van der Waals surface area contributed by atoms with Crippen LogP contribution in [0.2, 0.25) is 5.02 Å². The number of benzene rings is 3. The van der Waals surface area contributed by atoms with E-state index in [0.717, 1.165) is 26.9 Å². The van der Waals surface area contributed by atoms with Crippen LogP contribution in [0.25, 0.3) is 17.0 Å². The SMILES string of the molecule is Cc1ccc(N2C(=O)NC(=O)/C(=C/c3cn(Cc4ccccc4)c4ccccc34)C2=O)cc1Cl. The van der Waals surface area contributed by atoms with Gasteiger partial charge in [-0.05, 0) is 42.3 Å². The highest BCUT2D eigenvalue weighted by molar-refractivity contribution is 6.39. The van der Waals surface area contributed by atoms with Gasteiger partial charge in [0.05, 0.1) is 5.69 Å². The molecule has 3 aromatic carbocycles. The zero-order chi connectivity index (χ0) is 23.8. The molecule has 4 aromatic rings. The Balaban J connectivity index is 1.57. The summed E-state index contributed by atoms with van der Waals surface area (Å²) in [6, 6.07) is 21.9. The zero-order valence-electron chi connectivity index (χ0n) is 18.3. The van der Waals surface area contributed by atoms with Crippen molar-refractivity contribution in [1.82, 2.24) is 9.88 Å². The lowest BCUT2D eigenvalue weighted by Crippen LogP contribution is -2.54. The van der Waals surface area contributed by atoms with Gasteiger partial charge in [0.2, 0.25) is 0 Å². The number of anilines is 1. The Bertz CT molecular complexity index is 1490. The van der Waals surface area contributed by atoms with Gasteiger partial charge in [0, 0.05) is 34.2 Å². The lowest BCUT2D eigenvalue weighted by Gasteiger charge is -2.26. The van der Waals surface area contributed by atoms with Crippen LogP contribution < -0.4 is 10.2 Å². The van der Waals surface area contributed by atoms with E-state index in [2.05, 4.69) is 9.88 Å². The van der Waals surface area contributed by atoms with Gasteiger partial charge in [0.25, 0.3) is 11.8 Å². The fraction of sp³-hybridized carbons (Fsp3) is 0.0741. The zero-order valence-corrected chi connectivity index (χ0v) is 19.0. The first-order valence-electron chi connectivity index (χ1n) is 10.7. The third kappa shape index (κ3) is 3.89. The summed E-state index contributed by atoms with van der Waals surface area (Å²) >= 11 is 6.20. The number of hydrogen-bond acceptors (Lipinski definition) is 3. The molecule has 5 rings (SSSR count). The summed E-state index contributed by atoms with van der Waals surface area (Å²) in [6.07, 6.45) is 3.45. The molecular weight excluding hydrogens is 450 g/mol. The average molecular weight is 470 g/mol. The second kappa shape index (κ2) is 8.65. The number of aryl methyl sites for hydroxylation is 1. The predicted octanol–water partition coefficient (Wildman–Crippen LogP) is 5.32. The minimum atomic E-state index is -0.807. The molecule has 1 fully saturated rings. The lowest BCUT2D eigenvalue weighted by molar-refractivity contribution is -0.122. The number of nitrogens with zero attached hydrogens (tertiary/aromatic N) is 2. The number of urea groups is 1. The largest absolute Gasteiger partial charge is 0.342 e. The van der Waals surface area contributed by atoms with Crippen LogP contribution in [0.3, 0.4) is 0 Å². The van der Waals surface area contributed by atoms with E-state index in [0.29, 0.717) is 22.8 Å². The maximum Gasteiger partial charge on any atom is 0.335 e. The number of amides is 4. The highest BCUT2D eigenvalue weighted by atomic mass is 35.5. The Kier molecular flexibility index (Phi) is 5.51. The van der Waals surface area contributed by atoms with Crippen molar-refractivity contribution >= 4 is 52.1 Å². The van der Waals surface area contributed by atoms with Crippen molar-refractivity contribution in [3.8, 4) is 0 Å². The van der Waals surface area contributed by atoms with E-state index in [1.165, 1.54) is 12.1 Å². The number of hydrogen-bond donors (Lipinski definition) is 1. The quantitative estimate of drug-likeness (QED) is 0.325. The minimum Gasteiger partial charge on any atom is -0.342 e. The summed E-state index contributed by atoms with van der Waals surface area (Å²) in [5.41, 5.74) is 3.79. The molecule has 0 radical (unpaired) electrons. The number of imide groups is 2. The van der Waals surface area contributed by atoms with Gasteiger partial charge in [0.1, 0.15) is 5.57 Å². The van der Waals surface area contributed by atoms with Crippen molar-refractivity contribution in [2.24, 2.45) is 0 Å². The molecule has 1 aromatic heterocycles. The van der Waals surface area contributed by atoms with Crippen LogP contribution in [0.5, 0.6) is 0 Å². The molecule has 34 heavy (non-hydrogen) atoms. The number of nitrogens with one attached hydrogen (secondary N) is 1. The molecule has 1 aliphatic heterocycles. The van der Waals surface area contributed by atoms with Crippen LogP contribution in [0, 0.1) is 6.92 Å². The molecule has 1 N–H and O–H groups in total. The van der Waals surface area contributed by atoms with E-state index in [1.54, 1.807) is 12.1 Å². The van der Waals surface area contributed by atoms with Gasteiger partial charge in [-0.1, -0.05) is 66.2 Å². The highest BCUT2D eigenvalue weighted by Gasteiger charge is 2.37. The van der Waals surface area contributed by atoms with Gasteiger partial charge < -0.3 is 4.57 Å². The van der Waals surface area contributed by atoms with Gasteiger partial charge in [0.15, 0.2) is 0 Å². The van der Waals surface area contributed by atoms with E-state index >= 15 is 0 Å². The summed E-state index contributed by atoms with van der Waals surface area (Å²) < 4.78 is 2.07. The fourth-order valence-corrected chi connectivity index (χ4v) is 4.24. The Morgan fingerprint density at radius 1 is 0.941 bits per heavy atom. The first kappa shape index (κ1) is 21.7. The second-order valence-corrected chi connectivity index (χ2v) is 8.51. The van der Waals surface area contributed by atoms with Crippen molar-refractivity contribution in [1.29, 1.82) is 0 Å². The van der Waals surface area contributed by atoms with Gasteiger partial charge >= 0.3 is 6.03 Å². The van der Waals surface area contributed by atoms with Crippen molar-refractivity contribution in [2.45, 2.75) is 13.5 Å². The summed E-state index contributed by atoms with van der Waals surface area (Å²) in [4.78, 5) is 39.4. The van der Waals surface area contributed by atoms with E-state index in [9.17, 15) is 14.4 Å². The first-order valence-corrected chi connectivity index (χ1v) is 11.1. The van der Waals surface area contributed by atoms with Gasteiger partial charge in [-0.3, -0.25) is 14.9 Å². The normalized spacial score (nSPS) is 15.3. The van der Waals surface area contributed by atoms with Crippen LogP contribution in [0.1, 0.15) is 16.7 Å². The van der Waals surface area contributed by atoms with Crippen LogP contribution in [-0.2, 0) is 16.1 Å². The summed E-state index contributed by atoms with van der Waals surface area (Å²) in [6.45, 7) is 2.46. The maximum absolute atomic E-state index is 13.3. The Morgan fingerprint density at radius 2 is 1.68 bits per heavy atom.